The number of nitrogens with zero attached hydrogens (tertiary/aromatic N) is 2. The molecule has 20 heavy (non-hydrogen) atoms. The Hall–Kier alpha value is -1.79. The van der Waals surface area contributed by atoms with Gasteiger partial charge in [-0.05, 0) is 24.3 Å². The molecule has 0 radical (unpaired) electrons. The molecular weight excluding hydrogens is 300 g/mol. The van der Waals surface area contributed by atoms with Gasteiger partial charge in [-0.2, -0.15) is 0 Å². The number of hydrogen-bond donors (Lipinski definition) is 0. The number of benzene rings is 1. The molecule has 0 saturated heterocycles. The van der Waals surface area contributed by atoms with Gasteiger partial charge in [0, 0.05) is 13.2 Å². The molecule has 1 aromatic carbocycles. The zero-order valence-electron chi connectivity index (χ0n) is 10.9. The molecule has 0 aliphatic carbocycles. The van der Waals surface area contributed by atoms with Crippen LogP contribution in [0.15, 0.2) is 47.5 Å². The average Bonchev–Trinajstić information content (AvgIpc) is 2.46. The summed E-state index contributed by atoms with van der Waals surface area (Å²) >= 11 is 5.74. The molecule has 0 aliphatic heterocycles. The number of aromatic nitrogens is 1. The van der Waals surface area contributed by atoms with Crippen LogP contribution in [0.4, 0.5) is 5.69 Å². The first-order valence-corrected chi connectivity index (χ1v) is 7.52. The molecule has 2 rings (SSSR count). The van der Waals surface area contributed by atoms with Crippen molar-refractivity contribution in [2.45, 2.75) is 4.90 Å². The van der Waals surface area contributed by atoms with Crippen molar-refractivity contribution in [1.82, 2.24) is 4.98 Å². The predicted molar refractivity (Wildman–Crippen MR) is 77.8 cm³/mol. The van der Waals surface area contributed by atoms with Crippen molar-refractivity contribution in [2.24, 2.45) is 0 Å². The molecule has 0 aliphatic rings. The zero-order chi connectivity index (χ0) is 14.8. The third-order valence-corrected chi connectivity index (χ3v) is 4.75. The van der Waals surface area contributed by atoms with E-state index in [1.165, 1.54) is 32.5 Å². The third-order valence-electron chi connectivity index (χ3n) is 2.78. The highest BCUT2D eigenvalue weighted by Gasteiger charge is 2.23. The number of methoxy groups -OCH3 is 1. The second kappa shape index (κ2) is 5.68. The van der Waals surface area contributed by atoms with Crippen molar-refractivity contribution in [1.29, 1.82) is 0 Å². The number of pyridine rings is 1. The van der Waals surface area contributed by atoms with E-state index in [0.717, 1.165) is 4.31 Å². The van der Waals surface area contributed by atoms with Crippen molar-refractivity contribution in [3.8, 4) is 5.75 Å². The van der Waals surface area contributed by atoms with E-state index >= 15 is 0 Å². The first-order chi connectivity index (χ1) is 9.46. The van der Waals surface area contributed by atoms with Gasteiger partial charge in [-0.3, -0.25) is 4.31 Å². The Labute approximate surface area is 122 Å². The van der Waals surface area contributed by atoms with E-state index in [2.05, 4.69) is 4.98 Å². The molecule has 1 aromatic heterocycles. The Morgan fingerprint density at radius 3 is 2.60 bits per heavy atom. The lowest BCUT2D eigenvalue weighted by molar-refractivity contribution is 0.416. The van der Waals surface area contributed by atoms with Gasteiger partial charge in [-0.1, -0.05) is 23.7 Å². The fourth-order valence-corrected chi connectivity index (χ4v) is 3.18. The van der Waals surface area contributed by atoms with Crippen molar-refractivity contribution in [3.63, 3.8) is 0 Å². The minimum absolute atomic E-state index is 0.0749. The van der Waals surface area contributed by atoms with Gasteiger partial charge in [0.15, 0.2) is 0 Å². The lowest BCUT2D eigenvalue weighted by atomic mass is 10.3. The standard InChI is InChI=1S/C13H13ClN2O3S/c1-16(11-5-3-4-6-12(11)19-2)20(17,18)10-7-8-15-13(14)9-10/h3-9H,1-2H3. The maximum atomic E-state index is 12.5. The summed E-state index contributed by atoms with van der Waals surface area (Å²) in [5.74, 6) is 0.471. The number of rotatable bonds is 4. The number of sulfonamides is 1. The molecule has 1 heterocycles. The summed E-state index contributed by atoms with van der Waals surface area (Å²) in [6.45, 7) is 0. The lowest BCUT2D eigenvalue weighted by Gasteiger charge is -2.21. The number of anilines is 1. The van der Waals surface area contributed by atoms with Gasteiger partial charge in [0.2, 0.25) is 0 Å². The largest absolute Gasteiger partial charge is 0.495 e. The van der Waals surface area contributed by atoms with E-state index in [4.69, 9.17) is 16.3 Å². The molecule has 2 aromatic rings. The fourth-order valence-electron chi connectivity index (χ4n) is 1.72. The van der Waals surface area contributed by atoms with Crippen LogP contribution >= 0.6 is 11.6 Å². The molecule has 0 amide bonds. The summed E-state index contributed by atoms with van der Waals surface area (Å²) < 4.78 is 31.4. The Balaban J connectivity index is 2.49. The van der Waals surface area contributed by atoms with Gasteiger partial charge >= 0.3 is 0 Å². The van der Waals surface area contributed by atoms with Gasteiger partial charge < -0.3 is 4.74 Å². The maximum Gasteiger partial charge on any atom is 0.264 e. The molecule has 0 spiro atoms. The van der Waals surface area contributed by atoms with Crippen molar-refractivity contribution >= 4 is 27.3 Å². The van der Waals surface area contributed by atoms with Crippen LogP contribution in [0, 0.1) is 0 Å². The molecule has 0 atom stereocenters. The van der Waals surface area contributed by atoms with Crippen molar-refractivity contribution < 1.29 is 13.2 Å². The van der Waals surface area contributed by atoms with Gasteiger partial charge in [0.1, 0.15) is 10.9 Å². The summed E-state index contributed by atoms with van der Waals surface area (Å²) in [7, 11) is -0.770. The summed E-state index contributed by atoms with van der Waals surface area (Å²) in [6, 6.07) is 9.57. The Morgan fingerprint density at radius 2 is 1.95 bits per heavy atom. The first-order valence-electron chi connectivity index (χ1n) is 5.70. The van der Waals surface area contributed by atoms with E-state index in [-0.39, 0.29) is 10.0 Å². The first kappa shape index (κ1) is 14.6. The highest BCUT2D eigenvalue weighted by atomic mass is 35.5. The molecule has 0 bridgehead atoms. The summed E-state index contributed by atoms with van der Waals surface area (Å²) in [4.78, 5) is 3.85. The van der Waals surface area contributed by atoms with Gasteiger partial charge in [0.05, 0.1) is 17.7 Å². The molecule has 0 N–H and O–H groups in total. The molecule has 106 valence electrons. The van der Waals surface area contributed by atoms with Crippen LogP contribution in [0.2, 0.25) is 5.15 Å². The monoisotopic (exact) mass is 312 g/mol. The molecule has 0 saturated carbocycles. The highest BCUT2D eigenvalue weighted by molar-refractivity contribution is 7.92. The molecule has 5 nitrogen and oxygen atoms in total. The summed E-state index contributed by atoms with van der Waals surface area (Å²) in [5.41, 5.74) is 0.447. The highest BCUT2D eigenvalue weighted by Crippen LogP contribution is 2.30. The second-order valence-electron chi connectivity index (χ2n) is 3.96. The van der Waals surface area contributed by atoms with Crippen LogP contribution in [-0.2, 0) is 10.0 Å². The normalized spacial score (nSPS) is 11.2. The van der Waals surface area contributed by atoms with Crippen molar-refractivity contribution in [3.05, 3.63) is 47.7 Å². The minimum atomic E-state index is -3.72. The fraction of sp³-hybridized carbons (Fsp3) is 0.154. The zero-order valence-corrected chi connectivity index (χ0v) is 12.5. The lowest BCUT2D eigenvalue weighted by Crippen LogP contribution is -2.27. The quantitative estimate of drug-likeness (QED) is 0.814. The Kier molecular flexibility index (Phi) is 4.15. The number of halogens is 1. The maximum absolute atomic E-state index is 12.5. The van der Waals surface area contributed by atoms with E-state index in [9.17, 15) is 8.42 Å². The van der Waals surface area contributed by atoms with Gasteiger partial charge in [-0.15, -0.1) is 0 Å². The number of ether oxygens (including phenoxy) is 1. The molecule has 0 fully saturated rings. The van der Waals surface area contributed by atoms with Crippen LogP contribution in [0.25, 0.3) is 0 Å². The SMILES string of the molecule is COc1ccccc1N(C)S(=O)(=O)c1ccnc(Cl)c1. The van der Waals surface area contributed by atoms with Crippen LogP contribution < -0.4 is 9.04 Å². The number of hydrogen-bond acceptors (Lipinski definition) is 4. The van der Waals surface area contributed by atoms with Crippen LogP contribution in [0.1, 0.15) is 0 Å². The van der Waals surface area contributed by atoms with E-state index in [1.807, 2.05) is 0 Å². The van der Waals surface area contributed by atoms with Crippen LogP contribution in [0.5, 0.6) is 5.75 Å². The Bertz CT molecular complexity index is 719. The average molecular weight is 313 g/mol. The van der Waals surface area contributed by atoms with Crippen LogP contribution in [-0.4, -0.2) is 27.6 Å². The van der Waals surface area contributed by atoms with Gasteiger partial charge in [-0.25, -0.2) is 13.4 Å². The molecule has 7 heteroatoms. The number of para-hydroxylation sites is 2. The van der Waals surface area contributed by atoms with Crippen LogP contribution in [0.3, 0.4) is 0 Å². The smallest absolute Gasteiger partial charge is 0.264 e. The summed E-state index contributed by atoms with van der Waals surface area (Å²) in [6.07, 6.45) is 1.35. The topological polar surface area (TPSA) is 59.5 Å². The summed E-state index contributed by atoms with van der Waals surface area (Å²) in [5, 5.41) is 0.125. The minimum Gasteiger partial charge on any atom is -0.495 e. The van der Waals surface area contributed by atoms with E-state index in [0.29, 0.717) is 11.4 Å². The predicted octanol–water partition coefficient (Wildman–Crippen LogP) is 2.57. The van der Waals surface area contributed by atoms with E-state index < -0.39 is 10.0 Å². The van der Waals surface area contributed by atoms with Gasteiger partial charge in [0.25, 0.3) is 10.0 Å². The Morgan fingerprint density at radius 1 is 1.25 bits per heavy atom. The molecular formula is C13H13ClN2O3S. The van der Waals surface area contributed by atoms with Crippen molar-refractivity contribution in [2.75, 3.05) is 18.5 Å². The van der Waals surface area contributed by atoms with E-state index in [1.54, 1.807) is 24.3 Å². The third kappa shape index (κ3) is 2.71. The second-order valence-corrected chi connectivity index (χ2v) is 6.32. The molecule has 0 unspecified atom stereocenters.